The highest BCUT2D eigenvalue weighted by atomic mass is 14.2. The molecule has 0 fully saturated rings. The maximum atomic E-state index is 3.75. The van der Waals surface area contributed by atoms with E-state index in [9.17, 15) is 0 Å². The first-order chi connectivity index (χ1) is 5.76. The quantitative estimate of drug-likeness (QED) is 0.390. The molecular weight excluding hydrogens is 144 g/mol. The topological polar surface area (TPSA) is 0 Å². The highest BCUT2D eigenvalue weighted by molar-refractivity contribution is 4.69. The molecule has 0 nitrogen and oxygen atoms in total. The van der Waals surface area contributed by atoms with Crippen LogP contribution in [0, 0.1) is 11.8 Å². The van der Waals surface area contributed by atoms with Crippen molar-refractivity contribution in [3.05, 3.63) is 12.7 Å². The van der Waals surface area contributed by atoms with E-state index >= 15 is 0 Å². The third kappa shape index (κ3) is 4.58. The molecule has 0 aromatic heterocycles. The minimum absolute atomic E-state index is 0.903. The number of allylic oxidation sites excluding steroid dienone is 1. The molecule has 0 aliphatic rings. The van der Waals surface area contributed by atoms with Gasteiger partial charge in [0.15, 0.2) is 0 Å². The third-order valence-corrected chi connectivity index (χ3v) is 2.96. The zero-order valence-corrected chi connectivity index (χ0v) is 8.97. The van der Waals surface area contributed by atoms with Crippen LogP contribution in [0.25, 0.3) is 0 Å². The molecule has 2 unspecified atom stereocenters. The van der Waals surface area contributed by atoms with Gasteiger partial charge in [0.2, 0.25) is 0 Å². The minimum Gasteiger partial charge on any atom is -0.103 e. The molecule has 0 amide bonds. The largest absolute Gasteiger partial charge is 0.103 e. The Morgan fingerprint density at radius 1 is 1.25 bits per heavy atom. The molecule has 0 spiro atoms. The molecule has 72 valence electrons. The van der Waals surface area contributed by atoms with Gasteiger partial charge in [-0.25, -0.2) is 0 Å². The molecule has 0 rings (SSSR count). The summed E-state index contributed by atoms with van der Waals surface area (Å²) in [5.41, 5.74) is 0. The Morgan fingerprint density at radius 2 is 1.92 bits per heavy atom. The lowest BCUT2D eigenvalue weighted by Gasteiger charge is -2.20. The van der Waals surface area contributed by atoms with Crippen molar-refractivity contribution in [2.75, 3.05) is 0 Å². The summed E-state index contributed by atoms with van der Waals surface area (Å²) in [4.78, 5) is 0. The van der Waals surface area contributed by atoms with Crippen LogP contribution in [0.2, 0.25) is 0 Å². The zero-order chi connectivity index (χ0) is 9.40. The van der Waals surface area contributed by atoms with Crippen molar-refractivity contribution in [1.29, 1.82) is 0 Å². The first-order valence-corrected chi connectivity index (χ1v) is 5.37. The van der Waals surface area contributed by atoms with E-state index in [-0.39, 0.29) is 0 Å². The van der Waals surface area contributed by atoms with Gasteiger partial charge in [0, 0.05) is 0 Å². The van der Waals surface area contributed by atoms with Crippen LogP contribution in [0.1, 0.15) is 52.9 Å². The summed E-state index contributed by atoms with van der Waals surface area (Å²) < 4.78 is 0. The summed E-state index contributed by atoms with van der Waals surface area (Å²) in [5.74, 6) is 1.84. The Bertz CT molecular complexity index is 105. The summed E-state index contributed by atoms with van der Waals surface area (Å²) in [6, 6.07) is 0. The fourth-order valence-corrected chi connectivity index (χ4v) is 1.75. The van der Waals surface area contributed by atoms with Crippen molar-refractivity contribution >= 4 is 0 Å². The van der Waals surface area contributed by atoms with Crippen LogP contribution < -0.4 is 0 Å². The van der Waals surface area contributed by atoms with Crippen LogP contribution in [0.3, 0.4) is 0 Å². The van der Waals surface area contributed by atoms with Crippen LogP contribution in [0.15, 0.2) is 12.7 Å². The number of hydrogen-bond donors (Lipinski definition) is 0. The maximum absolute atomic E-state index is 3.75. The normalized spacial score (nSPS) is 15.6. The maximum Gasteiger partial charge on any atom is -0.0353 e. The first kappa shape index (κ1) is 11.7. The van der Waals surface area contributed by atoms with E-state index in [4.69, 9.17) is 0 Å². The van der Waals surface area contributed by atoms with Gasteiger partial charge >= 0.3 is 0 Å². The lowest BCUT2D eigenvalue weighted by molar-refractivity contribution is 0.312. The molecule has 0 saturated carbocycles. The van der Waals surface area contributed by atoms with Crippen molar-refractivity contribution in [3.63, 3.8) is 0 Å². The summed E-state index contributed by atoms with van der Waals surface area (Å²) in [5, 5.41) is 0. The van der Waals surface area contributed by atoms with Gasteiger partial charge in [0.1, 0.15) is 0 Å². The van der Waals surface area contributed by atoms with Crippen molar-refractivity contribution in [1.82, 2.24) is 0 Å². The number of unbranched alkanes of at least 4 members (excludes halogenated alkanes) is 1. The second-order valence-corrected chi connectivity index (χ2v) is 3.77. The van der Waals surface area contributed by atoms with Gasteiger partial charge in [-0.2, -0.15) is 0 Å². The Morgan fingerprint density at radius 3 is 2.33 bits per heavy atom. The van der Waals surface area contributed by atoms with Crippen LogP contribution in [0.4, 0.5) is 0 Å². The summed E-state index contributed by atoms with van der Waals surface area (Å²) in [6.07, 6.45) is 8.60. The van der Waals surface area contributed by atoms with Gasteiger partial charge in [-0.15, -0.1) is 6.58 Å². The lowest BCUT2D eigenvalue weighted by atomic mass is 9.85. The SMILES string of the molecule is C=CCCCC(CC)C(C)CC. The van der Waals surface area contributed by atoms with E-state index in [1.54, 1.807) is 0 Å². The molecule has 0 radical (unpaired) electrons. The highest BCUT2D eigenvalue weighted by Gasteiger charge is 2.12. The van der Waals surface area contributed by atoms with Crippen LogP contribution in [-0.2, 0) is 0 Å². The average Bonchev–Trinajstić information content (AvgIpc) is 2.11. The molecule has 0 bridgehead atoms. The molecule has 12 heavy (non-hydrogen) atoms. The first-order valence-electron chi connectivity index (χ1n) is 5.37. The van der Waals surface area contributed by atoms with E-state index in [0.717, 1.165) is 11.8 Å². The molecule has 0 aliphatic heterocycles. The van der Waals surface area contributed by atoms with Gasteiger partial charge in [0.25, 0.3) is 0 Å². The Labute approximate surface area is 78.1 Å². The molecule has 0 heterocycles. The average molecular weight is 168 g/mol. The van der Waals surface area contributed by atoms with E-state index in [0.29, 0.717) is 0 Å². The van der Waals surface area contributed by atoms with Gasteiger partial charge in [0.05, 0.1) is 0 Å². The standard InChI is InChI=1S/C12H24/c1-5-8-9-10-12(7-3)11(4)6-2/h5,11-12H,1,6-10H2,2-4H3. The van der Waals surface area contributed by atoms with Crippen molar-refractivity contribution in [2.45, 2.75) is 52.9 Å². The van der Waals surface area contributed by atoms with Crippen LogP contribution >= 0.6 is 0 Å². The van der Waals surface area contributed by atoms with Gasteiger partial charge in [-0.3, -0.25) is 0 Å². The summed E-state index contributed by atoms with van der Waals surface area (Å²) >= 11 is 0. The predicted octanol–water partition coefficient (Wildman–Crippen LogP) is 4.42. The van der Waals surface area contributed by atoms with Crippen molar-refractivity contribution in [2.24, 2.45) is 11.8 Å². The second-order valence-electron chi connectivity index (χ2n) is 3.77. The Hall–Kier alpha value is -0.260. The van der Waals surface area contributed by atoms with Gasteiger partial charge in [-0.05, 0) is 31.1 Å². The number of hydrogen-bond acceptors (Lipinski definition) is 0. The molecule has 2 atom stereocenters. The van der Waals surface area contributed by atoms with Crippen LogP contribution in [0.5, 0.6) is 0 Å². The Kier molecular flexibility index (Phi) is 7.23. The van der Waals surface area contributed by atoms with Crippen molar-refractivity contribution < 1.29 is 0 Å². The van der Waals surface area contributed by atoms with E-state index < -0.39 is 0 Å². The number of rotatable bonds is 7. The molecule has 0 N–H and O–H groups in total. The zero-order valence-electron chi connectivity index (χ0n) is 8.97. The molecule has 0 aliphatic carbocycles. The smallest absolute Gasteiger partial charge is 0.0353 e. The van der Waals surface area contributed by atoms with Gasteiger partial charge < -0.3 is 0 Å². The van der Waals surface area contributed by atoms with E-state index in [1.165, 1.54) is 32.1 Å². The summed E-state index contributed by atoms with van der Waals surface area (Å²) in [7, 11) is 0. The molecule has 0 saturated heterocycles. The molecule has 0 aromatic carbocycles. The fraction of sp³-hybridized carbons (Fsp3) is 0.833. The summed E-state index contributed by atoms with van der Waals surface area (Å²) in [6.45, 7) is 10.7. The molecular formula is C12H24. The monoisotopic (exact) mass is 168 g/mol. The Balaban J connectivity index is 3.58. The predicted molar refractivity (Wildman–Crippen MR) is 57.3 cm³/mol. The fourth-order valence-electron chi connectivity index (χ4n) is 1.75. The van der Waals surface area contributed by atoms with E-state index in [2.05, 4.69) is 27.4 Å². The lowest BCUT2D eigenvalue weighted by Crippen LogP contribution is -2.09. The third-order valence-electron chi connectivity index (χ3n) is 2.96. The van der Waals surface area contributed by atoms with Gasteiger partial charge in [-0.1, -0.05) is 39.7 Å². The van der Waals surface area contributed by atoms with Crippen molar-refractivity contribution in [3.8, 4) is 0 Å². The van der Waals surface area contributed by atoms with Crippen LogP contribution in [-0.4, -0.2) is 0 Å². The van der Waals surface area contributed by atoms with E-state index in [1.807, 2.05) is 6.08 Å². The minimum atomic E-state index is 0.903. The molecule has 0 heteroatoms. The second kappa shape index (κ2) is 7.39. The highest BCUT2D eigenvalue weighted by Crippen LogP contribution is 2.24. The molecule has 0 aromatic rings.